The third kappa shape index (κ3) is 2.20. The average molecular weight is 316 g/mol. The van der Waals surface area contributed by atoms with Crippen LogP contribution in [-0.4, -0.2) is 25.7 Å². The van der Waals surface area contributed by atoms with Crippen LogP contribution in [0.15, 0.2) is 60.7 Å². The van der Waals surface area contributed by atoms with Crippen molar-refractivity contribution in [1.29, 1.82) is 0 Å². The summed E-state index contributed by atoms with van der Waals surface area (Å²) in [5, 5.41) is 0. The third-order valence-electron chi connectivity index (χ3n) is 2.96. The molecule has 3 rings (SSSR count). The van der Waals surface area contributed by atoms with Crippen LogP contribution in [0.1, 0.15) is 10.4 Å². The summed E-state index contributed by atoms with van der Waals surface area (Å²) < 4.78 is 0. The second kappa shape index (κ2) is 5.00. The molecule has 0 bridgehead atoms. The second-order valence-electron chi connectivity index (χ2n) is 4.18. The summed E-state index contributed by atoms with van der Waals surface area (Å²) in [7, 11) is 0. The van der Waals surface area contributed by atoms with Crippen LogP contribution in [0.2, 0.25) is 0 Å². The number of amides is 2. The van der Waals surface area contributed by atoms with E-state index in [0.717, 1.165) is 5.56 Å². The Kier molecular flexibility index (Phi) is 3.20. The Balaban J connectivity index is 1.94. The number of carbonyl (C=O) groups is 2. The van der Waals surface area contributed by atoms with Gasteiger partial charge in [0.2, 0.25) is 0 Å². The van der Waals surface area contributed by atoms with Crippen LogP contribution in [0.5, 0.6) is 0 Å². The summed E-state index contributed by atoms with van der Waals surface area (Å²) in [6.45, 7) is 0. The van der Waals surface area contributed by atoms with Crippen molar-refractivity contribution in [2.24, 2.45) is 0 Å². The summed E-state index contributed by atoms with van der Waals surface area (Å²) in [6.07, 6.45) is 0. The molecule has 0 saturated carbocycles. The summed E-state index contributed by atoms with van der Waals surface area (Å²) in [4.78, 5) is 25.5. The fourth-order valence-corrected chi connectivity index (χ4v) is 4.16. The average Bonchev–Trinajstić information content (AvgIpc) is 2.76. The van der Waals surface area contributed by atoms with Crippen LogP contribution in [0.4, 0.5) is 10.5 Å². The molecule has 2 aromatic rings. The molecule has 3 nitrogen and oxygen atoms in total. The molecular weight excluding hydrogens is 305 g/mol. The predicted molar refractivity (Wildman–Crippen MR) is 74.3 cm³/mol. The number of imide groups is 1. The van der Waals surface area contributed by atoms with Crippen LogP contribution in [0.25, 0.3) is 0 Å². The van der Waals surface area contributed by atoms with Gasteiger partial charge >= 0.3 is 117 Å². The molecule has 4 heteroatoms. The number of hydrogen-bond donors (Lipinski definition) is 0. The molecule has 94 valence electrons. The van der Waals surface area contributed by atoms with Gasteiger partial charge in [-0.2, -0.15) is 0 Å². The second-order valence-corrected chi connectivity index (χ2v) is 6.40. The molecule has 0 radical (unpaired) electrons. The summed E-state index contributed by atoms with van der Waals surface area (Å²) in [6, 6.07) is 18.6. The first kappa shape index (κ1) is 12.1. The molecule has 1 heterocycles. The number of anilines is 1. The quantitative estimate of drug-likeness (QED) is 0.799. The van der Waals surface area contributed by atoms with E-state index in [4.69, 9.17) is 0 Å². The van der Waals surface area contributed by atoms with Crippen LogP contribution in [-0.2, 0) is 4.79 Å². The Morgan fingerprint density at radius 3 is 2.05 bits per heavy atom. The topological polar surface area (TPSA) is 37.4 Å². The predicted octanol–water partition coefficient (Wildman–Crippen LogP) is 2.60. The maximum atomic E-state index is 12.4. The maximum absolute atomic E-state index is 12.4. The molecule has 1 saturated heterocycles. The van der Waals surface area contributed by atoms with E-state index in [1.165, 1.54) is 4.90 Å². The minimum atomic E-state index is -0.367. The van der Waals surface area contributed by atoms with Crippen molar-refractivity contribution in [3.63, 3.8) is 0 Å². The SMILES string of the molecule is O=C1[Se]C(c2ccccc2)C(=O)N1c1ccccc1. The molecule has 0 N–H and O–H groups in total. The van der Waals surface area contributed by atoms with Crippen molar-refractivity contribution in [1.82, 2.24) is 0 Å². The fraction of sp³-hybridized carbons (Fsp3) is 0.0667. The van der Waals surface area contributed by atoms with E-state index in [0.29, 0.717) is 5.69 Å². The Bertz CT molecular complexity index is 613. The Morgan fingerprint density at radius 2 is 1.42 bits per heavy atom. The normalized spacial score (nSPS) is 18.9. The van der Waals surface area contributed by atoms with Gasteiger partial charge in [-0.1, -0.05) is 0 Å². The van der Waals surface area contributed by atoms with Crippen LogP contribution in [0.3, 0.4) is 0 Å². The molecule has 2 amide bonds. The van der Waals surface area contributed by atoms with Crippen molar-refractivity contribution in [2.45, 2.75) is 4.82 Å². The van der Waals surface area contributed by atoms with Gasteiger partial charge in [0, 0.05) is 0 Å². The fourth-order valence-electron chi connectivity index (χ4n) is 2.06. The molecule has 1 atom stereocenters. The van der Waals surface area contributed by atoms with Gasteiger partial charge in [-0.05, 0) is 0 Å². The third-order valence-corrected chi connectivity index (χ3v) is 5.26. The number of para-hydroxylation sites is 1. The van der Waals surface area contributed by atoms with E-state index in [9.17, 15) is 9.59 Å². The first-order valence-electron chi connectivity index (χ1n) is 5.92. The van der Waals surface area contributed by atoms with Crippen molar-refractivity contribution < 1.29 is 9.59 Å². The standard InChI is InChI=1S/C15H11NO2Se/c17-14-13(11-7-3-1-4-8-11)19-15(18)16(14)12-9-5-2-6-10-12/h1-10,13H. The van der Waals surface area contributed by atoms with Gasteiger partial charge in [0.1, 0.15) is 0 Å². The molecule has 1 aliphatic rings. The van der Waals surface area contributed by atoms with Crippen molar-refractivity contribution in [2.75, 3.05) is 4.90 Å². The number of benzene rings is 2. The van der Waals surface area contributed by atoms with Crippen molar-refractivity contribution >= 4 is 31.4 Å². The molecule has 0 aliphatic carbocycles. The van der Waals surface area contributed by atoms with Gasteiger partial charge in [0.25, 0.3) is 0 Å². The summed E-state index contributed by atoms with van der Waals surface area (Å²) in [5.74, 6) is -0.109. The summed E-state index contributed by atoms with van der Waals surface area (Å²) >= 11 is -0.367. The molecule has 1 fully saturated rings. The van der Waals surface area contributed by atoms with Crippen LogP contribution in [0, 0.1) is 0 Å². The first-order chi connectivity index (χ1) is 9.27. The van der Waals surface area contributed by atoms with E-state index in [1.807, 2.05) is 48.5 Å². The number of nitrogens with zero attached hydrogens (tertiary/aromatic N) is 1. The molecule has 19 heavy (non-hydrogen) atoms. The van der Waals surface area contributed by atoms with E-state index in [2.05, 4.69) is 0 Å². The number of rotatable bonds is 2. The van der Waals surface area contributed by atoms with Crippen molar-refractivity contribution in [3.8, 4) is 0 Å². The van der Waals surface area contributed by atoms with Gasteiger partial charge in [0.05, 0.1) is 0 Å². The van der Waals surface area contributed by atoms with Gasteiger partial charge in [-0.3, -0.25) is 0 Å². The minimum absolute atomic E-state index is 0.0717. The van der Waals surface area contributed by atoms with Crippen molar-refractivity contribution in [3.05, 3.63) is 66.2 Å². The van der Waals surface area contributed by atoms with Gasteiger partial charge in [-0.15, -0.1) is 0 Å². The zero-order valence-corrected chi connectivity index (χ0v) is 11.7. The molecule has 2 aromatic carbocycles. The number of carbonyl (C=O) groups excluding carboxylic acids is 2. The van der Waals surface area contributed by atoms with E-state index in [1.54, 1.807) is 12.1 Å². The Labute approximate surface area is 117 Å². The first-order valence-corrected chi connectivity index (χ1v) is 7.76. The zero-order valence-electron chi connectivity index (χ0n) is 10.0. The molecule has 1 unspecified atom stereocenters. The Morgan fingerprint density at radius 1 is 0.842 bits per heavy atom. The zero-order chi connectivity index (χ0) is 13.2. The van der Waals surface area contributed by atoms with Crippen LogP contribution < -0.4 is 4.90 Å². The van der Waals surface area contributed by atoms with E-state index >= 15 is 0 Å². The molecule has 0 aromatic heterocycles. The molecule has 0 spiro atoms. The van der Waals surface area contributed by atoms with Gasteiger partial charge < -0.3 is 0 Å². The monoisotopic (exact) mass is 317 g/mol. The van der Waals surface area contributed by atoms with E-state index in [-0.39, 0.29) is 30.5 Å². The Hall–Kier alpha value is -1.90. The summed E-state index contributed by atoms with van der Waals surface area (Å²) in [5.41, 5.74) is 1.59. The molecule has 1 aliphatic heterocycles. The molecular formula is C15H11NO2Se. The van der Waals surface area contributed by atoms with Gasteiger partial charge in [-0.25, -0.2) is 0 Å². The van der Waals surface area contributed by atoms with Gasteiger partial charge in [0.15, 0.2) is 0 Å². The number of hydrogen-bond acceptors (Lipinski definition) is 2. The van der Waals surface area contributed by atoms with E-state index < -0.39 is 0 Å². The van der Waals surface area contributed by atoms with Crippen LogP contribution >= 0.6 is 0 Å².